The molecule has 110 valence electrons. The van der Waals surface area contributed by atoms with Crippen LogP contribution in [0.3, 0.4) is 0 Å². The Kier molecular flexibility index (Phi) is 6.01. The Balaban J connectivity index is 1.88. The van der Waals surface area contributed by atoms with E-state index in [-0.39, 0.29) is 18.1 Å². The molecule has 4 nitrogen and oxygen atoms in total. The van der Waals surface area contributed by atoms with Crippen LogP contribution in [0, 0.1) is 0 Å². The minimum Gasteiger partial charge on any atom is -0.375 e. The van der Waals surface area contributed by atoms with Crippen molar-refractivity contribution >= 4 is 21.8 Å². The molecule has 1 fully saturated rings. The maximum atomic E-state index is 12.1. The van der Waals surface area contributed by atoms with Crippen LogP contribution in [0.5, 0.6) is 0 Å². The standard InChI is InChI=1S/C15H21BrN2O2/c1-2-14(11-3-5-12(16)6-4-11)18-15(19)9-13-10-17-7-8-20-13/h3-6,13-14,17H,2,7-10H2,1H3,(H,18,19)/t13-,14-/m1/s1. The topological polar surface area (TPSA) is 50.4 Å². The molecule has 5 heteroatoms. The van der Waals surface area contributed by atoms with Gasteiger partial charge in [0.25, 0.3) is 0 Å². The first-order valence-electron chi connectivity index (χ1n) is 7.06. The Bertz CT molecular complexity index is 430. The summed E-state index contributed by atoms with van der Waals surface area (Å²) in [5.41, 5.74) is 1.13. The third-order valence-corrected chi connectivity index (χ3v) is 3.96. The van der Waals surface area contributed by atoms with Crippen molar-refractivity contribution in [2.24, 2.45) is 0 Å². The second-order valence-corrected chi connectivity index (χ2v) is 5.90. The summed E-state index contributed by atoms with van der Waals surface area (Å²) in [6, 6.07) is 8.14. The van der Waals surface area contributed by atoms with Gasteiger partial charge in [-0.2, -0.15) is 0 Å². The smallest absolute Gasteiger partial charge is 0.223 e. The third-order valence-electron chi connectivity index (χ3n) is 3.43. The molecule has 2 rings (SSSR count). The predicted octanol–water partition coefficient (Wildman–Crippen LogP) is 2.39. The number of amides is 1. The van der Waals surface area contributed by atoms with Crippen LogP contribution in [-0.2, 0) is 9.53 Å². The monoisotopic (exact) mass is 340 g/mol. The molecule has 20 heavy (non-hydrogen) atoms. The van der Waals surface area contributed by atoms with Gasteiger partial charge in [0.1, 0.15) is 0 Å². The predicted molar refractivity (Wildman–Crippen MR) is 82.5 cm³/mol. The molecule has 1 amide bonds. The number of ether oxygens (including phenoxy) is 1. The zero-order valence-electron chi connectivity index (χ0n) is 11.7. The van der Waals surface area contributed by atoms with Crippen molar-refractivity contribution < 1.29 is 9.53 Å². The van der Waals surface area contributed by atoms with Crippen LogP contribution >= 0.6 is 15.9 Å². The molecule has 1 aromatic rings. The van der Waals surface area contributed by atoms with Crippen molar-refractivity contribution in [1.29, 1.82) is 0 Å². The zero-order valence-corrected chi connectivity index (χ0v) is 13.3. The minimum atomic E-state index is -0.00817. The van der Waals surface area contributed by atoms with Crippen molar-refractivity contribution in [3.8, 4) is 0 Å². The first kappa shape index (κ1) is 15.5. The van der Waals surface area contributed by atoms with Crippen LogP contribution in [0.15, 0.2) is 28.7 Å². The van der Waals surface area contributed by atoms with E-state index < -0.39 is 0 Å². The molecule has 0 saturated carbocycles. The van der Waals surface area contributed by atoms with Crippen LogP contribution < -0.4 is 10.6 Å². The summed E-state index contributed by atoms with van der Waals surface area (Å²) in [6.45, 7) is 4.38. The fraction of sp³-hybridized carbons (Fsp3) is 0.533. The molecule has 1 saturated heterocycles. The van der Waals surface area contributed by atoms with Gasteiger partial charge in [-0.3, -0.25) is 4.79 Å². The lowest BCUT2D eigenvalue weighted by molar-refractivity contribution is -0.125. The fourth-order valence-electron chi connectivity index (χ4n) is 2.33. The molecule has 1 aromatic carbocycles. The van der Waals surface area contributed by atoms with Crippen molar-refractivity contribution in [2.75, 3.05) is 19.7 Å². The molecule has 2 atom stereocenters. The Morgan fingerprint density at radius 2 is 2.25 bits per heavy atom. The number of hydrogen-bond acceptors (Lipinski definition) is 3. The largest absolute Gasteiger partial charge is 0.375 e. The Morgan fingerprint density at radius 3 is 2.85 bits per heavy atom. The highest BCUT2D eigenvalue weighted by molar-refractivity contribution is 9.10. The maximum Gasteiger partial charge on any atom is 0.223 e. The van der Waals surface area contributed by atoms with Gasteiger partial charge >= 0.3 is 0 Å². The van der Waals surface area contributed by atoms with Gasteiger partial charge in [0.05, 0.1) is 25.2 Å². The molecule has 0 aliphatic carbocycles. The molecule has 0 aromatic heterocycles. The molecular weight excluding hydrogens is 320 g/mol. The zero-order chi connectivity index (χ0) is 14.4. The van der Waals surface area contributed by atoms with Crippen molar-refractivity contribution in [3.63, 3.8) is 0 Å². The average Bonchev–Trinajstić information content (AvgIpc) is 2.47. The third kappa shape index (κ3) is 4.58. The van der Waals surface area contributed by atoms with E-state index in [0.717, 1.165) is 29.5 Å². The lowest BCUT2D eigenvalue weighted by atomic mass is 10.0. The second-order valence-electron chi connectivity index (χ2n) is 4.98. The summed E-state index contributed by atoms with van der Waals surface area (Å²) in [4.78, 5) is 12.1. The normalized spacial score (nSPS) is 20.4. The first-order valence-corrected chi connectivity index (χ1v) is 7.85. The molecule has 0 spiro atoms. The van der Waals surface area contributed by atoms with Gasteiger partial charge in [0.2, 0.25) is 5.91 Å². The van der Waals surface area contributed by atoms with Gasteiger partial charge in [-0.15, -0.1) is 0 Å². The van der Waals surface area contributed by atoms with E-state index in [9.17, 15) is 4.79 Å². The maximum absolute atomic E-state index is 12.1. The molecule has 1 aliphatic heterocycles. The van der Waals surface area contributed by atoms with E-state index in [1.165, 1.54) is 0 Å². The van der Waals surface area contributed by atoms with E-state index in [4.69, 9.17) is 4.74 Å². The lowest BCUT2D eigenvalue weighted by Crippen LogP contribution is -2.41. The van der Waals surface area contributed by atoms with Gasteiger partial charge in [-0.1, -0.05) is 35.0 Å². The minimum absolute atomic E-state index is 0.00817. The van der Waals surface area contributed by atoms with E-state index in [1.54, 1.807) is 0 Å². The van der Waals surface area contributed by atoms with Crippen molar-refractivity contribution in [2.45, 2.75) is 31.9 Å². The number of benzene rings is 1. The van der Waals surface area contributed by atoms with Crippen molar-refractivity contribution in [3.05, 3.63) is 34.3 Å². The number of rotatable bonds is 5. The molecular formula is C15H21BrN2O2. The summed E-state index contributed by atoms with van der Waals surface area (Å²) in [5, 5.41) is 6.32. The van der Waals surface area contributed by atoms with Gasteiger partial charge in [0, 0.05) is 17.6 Å². The van der Waals surface area contributed by atoms with Crippen molar-refractivity contribution in [1.82, 2.24) is 10.6 Å². The number of hydrogen-bond donors (Lipinski definition) is 2. The fourth-order valence-corrected chi connectivity index (χ4v) is 2.59. The SMILES string of the molecule is CC[C@@H](NC(=O)C[C@@H]1CNCCO1)c1ccc(Br)cc1. The summed E-state index contributed by atoms with van der Waals surface area (Å²) in [6.07, 6.45) is 1.28. The highest BCUT2D eigenvalue weighted by Gasteiger charge is 2.19. The highest BCUT2D eigenvalue weighted by atomic mass is 79.9. The Morgan fingerprint density at radius 1 is 1.50 bits per heavy atom. The first-order chi connectivity index (χ1) is 9.69. The molecule has 0 bridgehead atoms. The molecule has 0 radical (unpaired) electrons. The van der Waals surface area contributed by atoms with Gasteiger partial charge in [0.15, 0.2) is 0 Å². The second kappa shape index (κ2) is 7.76. The number of morpholine rings is 1. The highest BCUT2D eigenvalue weighted by Crippen LogP contribution is 2.19. The number of carbonyl (C=O) groups excluding carboxylic acids is 1. The van der Waals surface area contributed by atoms with Gasteiger partial charge < -0.3 is 15.4 Å². The molecule has 1 heterocycles. The van der Waals surface area contributed by atoms with E-state index in [1.807, 2.05) is 24.3 Å². The van der Waals surface area contributed by atoms with E-state index in [0.29, 0.717) is 13.0 Å². The Hall–Kier alpha value is -0.910. The number of halogens is 1. The average molecular weight is 341 g/mol. The van der Waals surface area contributed by atoms with Crippen LogP contribution in [0.25, 0.3) is 0 Å². The van der Waals surface area contributed by atoms with Gasteiger partial charge in [-0.05, 0) is 24.1 Å². The van der Waals surface area contributed by atoms with Crippen LogP contribution in [0.2, 0.25) is 0 Å². The number of nitrogens with one attached hydrogen (secondary N) is 2. The summed E-state index contributed by atoms with van der Waals surface area (Å²) in [5.74, 6) is 0.0495. The Labute approximate surface area is 128 Å². The molecule has 1 aliphatic rings. The lowest BCUT2D eigenvalue weighted by Gasteiger charge is -2.24. The summed E-state index contributed by atoms with van der Waals surface area (Å²) in [7, 11) is 0. The quantitative estimate of drug-likeness (QED) is 0.865. The van der Waals surface area contributed by atoms with Crippen LogP contribution in [-0.4, -0.2) is 31.7 Å². The van der Waals surface area contributed by atoms with E-state index >= 15 is 0 Å². The molecule has 2 N–H and O–H groups in total. The summed E-state index contributed by atoms with van der Waals surface area (Å²) >= 11 is 3.42. The van der Waals surface area contributed by atoms with Crippen LogP contribution in [0.4, 0.5) is 0 Å². The van der Waals surface area contributed by atoms with Crippen LogP contribution in [0.1, 0.15) is 31.4 Å². The van der Waals surface area contributed by atoms with E-state index in [2.05, 4.69) is 33.5 Å². The van der Waals surface area contributed by atoms with Gasteiger partial charge in [-0.25, -0.2) is 0 Å². The molecule has 0 unspecified atom stereocenters. The summed E-state index contributed by atoms with van der Waals surface area (Å²) < 4.78 is 6.60. The number of carbonyl (C=O) groups is 1.